The fraction of sp³-hybridized carbons (Fsp3) is 0.125. The van der Waals surface area contributed by atoms with E-state index < -0.39 is 11.9 Å². The monoisotopic (exact) mass is 289 g/mol. The number of carbonyl (C=O) groups is 3. The van der Waals surface area contributed by atoms with Gasteiger partial charge in [0.05, 0.1) is 11.6 Å². The summed E-state index contributed by atoms with van der Waals surface area (Å²) in [4.78, 5) is 32.9. The predicted molar refractivity (Wildman–Crippen MR) is 58.2 cm³/mol. The number of anilines is 1. The Hall–Kier alpha value is -1.83. The maximum absolute atomic E-state index is 11.4. The van der Waals surface area contributed by atoms with Crippen molar-refractivity contribution in [2.24, 2.45) is 5.73 Å². The lowest BCUT2D eigenvalue weighted by Crippen LogP contribution is -2.35. The molecule has 0 unspecified atom stereocenters. The van der Waals surface area contributed by atoms with Crippen LogP contribution in [0.4, 0.5) is 10.7 Å². The summed E-state index contributed by atoms with van der Waals surface area (Å²) in [7, 11) is 0. The van der Waals surface area contributed by atoms with E-state index in [-0.39, 0.29) is 22.7 Å². The third kappa shape index (κ3) is 3.09. The smallest absolute Gasteiger partial charge is 0.319 e. The van der Waals surface area contributed by atoms with Gasteiger partial charge in [0, 0.05) is 0 Å². The number of hydrogen-bond acceptors (Lipinski definition) is 4. The Bertz CT molecular complexity index is 429. The zero-order valence-electron chi connectivity index (χ0n) is 7.95. The van der Waals surface area contributed by atoms with Gasteiger partial charge in [0.2, 0.25) is 11.8 Å². The number of alkyl halides is 1. The number of urea groups is 1. The SMILES string of the molecule is NC(=O)NC(=O)c1ccoc1NC(=O)CBr. The number of amides is 4. The van der Waals surface area contributed by atoms with Crippen LogP contribution in [0.15, 0.2) is 16.7 Å². The van der Waals surface area contributed by atoms with Gasteiger partial charge in [-0.3, -0.25) is 20.2 Å². The summed E-state index contributed by atoms with van der Waals surface area (Å²) in [6, 6.07) is 0.325. The van der Waals surface area contributed by atoms with E-state index in [1.807, 2.05) is 5.32 Å². The molecule has 0 saturated heterocycles. The molecule has 0 spiro atoms. The lowest BCUT2D eigenvalue weighted by molar-refractivity contribution is -0.113. The van der Waals surface area contributed by atoms with Crippen LogP contribution in [0.5, 0.6) is 0 Å². The van der Waals surface area contributed by atoms with Crippen LogP contribution >= 0.6 is 15.9 Å². The van der Waals surface area contributed by atoms with Crippen molar-refractivity contribution in [2.45, 2.75) is 0 Å². The first-order valence-electron chi connectivity index (χ1n) is 4.08. The number of rotatable bonds is 3. The van der Waals surface area contributed by atoms with Gasteiger partial charge in [0.25, 0.3) is 5.91 Å². The van der Waals surface area contributed by atoms with Crippen LogP contribution < -0.4 is 16.4 Å². The summed E-state index contributed by atoms with van der Waals surface area (Å²) >= 11 is 2.93. The minimum Gasteiger partial charge on any atom is -0.448 e. The standard InChI is InChI=1S/C8H8BrN3O4/c9-3-5(13)11-7-4(1-2-16-7)6(14)12-8(10)15/h1-2H,3H2,(H,11,13)(H3,10,12,14,15). The zero-order chi connectivity index (χ0) is 12.1. The Labute approximate surface area is 98.5 Å². The quantitative estimate of drug-likeness (QED) is 0.700. The van der Waals surface area contributed by atoms with E-state index in [0.717, 1.165) is 0 Å². The molecule has 86 valence electrons. The topological polar surface area (TPSA) is 114 Å². The third-order valence-corrected chi connectivity index (χ3v) is 2.03. The Morgan fingerprint density at radius 3 is 2.69 bits per heavy atom. The largest absolute Gasteiger partial charge is 0.448 e. The van der Waals surface area contributed by atoms with Crippen molar-refractivity contribution in [1.82, 2.24) is 5.32 Å². The maximum atomic E-state index is 11.4. The molecule has 0 aromatic carbocycles. The van der Waals surface area contributed by atoms with Crippen LogP contribution in [-0.4, -0.2) is 23.2 Å². The van der Waals surface area contributed by atoms with Crippen molar-refractivity contribution >= 4 is 39.7 Å². The summed E-state index contributed by atoms with van der Waals surface area (Å²) in [5, 5.41) is 4.24. The van der Waals surface area contributed by atoms with Gasteiger partial charge in [-0.05, 0) is 6.07 Å². The third-order valence-electron chi connectivity index (χ3n) is 1.52. The molecule has 0 atom stereocenters. The van der Waals surface area contributed by atoms with Crippen molar-refractivity contribution in [3.05, 3.63) is 17.9 Å². The number of carbonyl (C=O) groups excluding carboxylic acids is 3. The molecular formula is C8H8BrN3O4. The van der Waals surface area contributed by atoms with Crippen LogP contribution in [0.2, 0.25) is 0 Å². The average Bonchev–Trinajstić information content (AvgIpc) is 2.64. The summed E-state index contributed by atoms with van der Waals surface area (Å²) in [5.41, 5.74) is 4.80. The van der Waals surface area contributed by atoms with Gasteiger partial charge in [-0.15, -0.1) is 0 Å². The molecule has 16 heavy (non-hydrogen) atoms. The van der Waals surface area contributed by atoms with Crippen molar-refractivity contribution in [2.75, 3.05) is 10.6 Å². The van der Waals surface area contributed by atoms with Crippen molar-refractivity contribution in [3.8, 4) is 0 Å². The number of imide groups is 1. The van der Waals surface area contributed by atoms with Crippen molar-refractivity contribution < 1.29 is 18.8 Å². The van der Waals surface area contributed by atoms with Gasteiger partial charge in [0.15, 0.2) is 0 Å². The molecule has 0 bridgehead atoms. The molecule has 0 aliphatic carbocycles. The second-order valence-electron chi connectivity index (χ2n) is 2.66. The van der Waals surface area contributed by atoms with Crippen molar-refractivity contribution in [1.29, 1.82) is 0 Å². The molecular weight excluding hydrogens is 282 g/mol. The molecule has 1 rings (SSSR count). The maximum Gasteiger partial charge on any atom is 0.319 e. The molecule has 4 amide bonds. The Kier molecular flexibility index (Phi) is 4.06. The fourth-order valence-electron chi connectivity index (χ4n) is 0.924. The Morgan fingerprint density at radius 1 is 1.44 bits per heavy atom. The molecule has 8 heteroatoms. The normalized spacial score (nSPS) is 9.56. The second-order valence-corrected chi connectivity index (χ2v) is 3.22. The van der Waals surface area contributed by atoms with E-state index in [1.165, 1.54) is 12.3 Å². The number of halogens is 1. The van der Waals surface area contributed by atoms with E-state index in [4.69, 9.17) is 10.2 Å². The Morgan fingerprint density at radius 2 is 2.12 bits per heavy atom. The van der Waals surface area contributed by atoms with E-state index in [2.05, 4.69) is 21.2 Å². The molecule has 0 saturated carbocycles. The highest BCUT2D eigenvalue weighted by Crippen LogP contribution is 2.16. The van der Waals surface area contributed by atoms with Crippen LogP contribution in [0, 0.1) is 0 Å². The van der Waals surface area contributed by atoms with Crippen LogP contribution in [0.3, 0.4) is 0 Å². The van der Waals surface area contributed by atoms with Gasteiger partial charge < -0.3 is 10.2 Å². The fourth-order valence-corrected chi connectivity index (χ4v) is 1.06. The second kappa shape index (κ2) is 5.31. The number of nitrogens with two attached hydrogens (primary N) is 1. The van der Waals surface area contributed by atoms with E-state index >= 15 is 0 Å². The number of furan rings is 1. The van der Waals surface area contributed by atoms with E-state index in [0.29, 0.717) is 0 Å². The lowest BCUT2D eigenvalue weighted by Gasteiger charge is -2.02. The molecule has 7 nitrogen and oxygen atoms in total. The summed E-state index contributed by atoms with van der Waals surface area (Å²) in [5.74, 6) is -1.17. The van der Waals surface area contributed by atoms with Gasteiger partial charge in [0.1, 0.15) is 5.56 Å². The Balaban J connectivity index is 2.81. The highest BCUT2D eigenvalue weighted by atomic mass is 79.9. The van der Waals surface area contributed by atoms with E-state index in [9.17, 15) is 14.4 Å². The average molecular weight is 290 g/mol. The minimum atomic E-state index is -0.982. The first kappa shape index (κ1) is 12.2. The highest BCUT2D eigenvalue weighted by Gasteiger charge is 2.17. The molecule has 0 radical (unpaired) electrons. The van der Waals surface area contributed by atoms with E-state index in [1.54, 1.807) is 0 Å². The highest BCUT2D eigenvalue weighted by molar-refractivity contribution is 9.09. The van der Waals surface area contributed by atoms with Gasteiger partial charge in [-0.1, -0.05) is 15.9 Å². The zero-order valence-corrected chi connectivity index (χ0v) is 9.54. The number of primary amides is 1. The lowest BCUT2D eigenvalue weighted by atomic mass is 10.3. The molecule has 0 fully saturated rings. The van der Waals surface area contributed by atoms with Gasteiger partial charge in [-0.2, -0.15) is 0 Å². The summed E-state index contributed by atoms with van der Waals surface area (Å²) in [6.07, 6.45) is 1.21. The molecule has 0 aliphatic rings. The number of hydrogen-bond donors (Lipinski definition) is 3. The molecule has 1 aromatic rings. The molecule has 1 aromatic heterocycles. The molecule has 4 N–H and O–H groups in total. The molecule has 0 aliphatic heterocycles. The molecule has 1 heterocycles. The first-order chi connectivity index (χ1) is 7.54. The summed E-state index contributed by atoms with van der Waals surface area (Å²) < 4.78 is 4.87. The van der Waals surface area contributed by atoms with Gasteiger partial charge in [-0.25, -0.2) is 4.79 Å². The van der Waals surface area contributed by atoms with Gasteiger partial charge >= 0.3 is 6.03 Å². The van der Waals surface area contributed by atoms with Crippen molar-refractivity contribution in [3.63, 3.8) is 0 Å². The van der Waals surface area contributed by atoms with Crippen LogP contribution in [0.1, 0.15) is 10.4 Å². The van der Waals surface area contributed by atoms with Crippen LogP contribution in [-0.2, 0) is 4.79 Å². The number of nitrogens with one attached hydrogen (secondary N) is 2. The summed E-state index contributed by atoms with van der Waals surface area (Å²) in [6.45, 7) is 0. The first-order valence-corrected chi connectivity index (χ1v) is 5.21. The van der Waals surface area contributed by atoms with Crippen LogP contribution in [0.25, 0.3) is 0 Å². The predicted octanol–water partition coefficient (Wildman–Crippen LogP) is 0.421. The minimum absolute atomic E-state index is 0.0214.